The Bertz CT molecular complexity index is 6080. The van der Waals surface area contributed by atoms with E-state index in [4.69, 9.17) is 28.4 Å². The van der Waals surface area contributed by atoms with Crippen LogP contribution < -0.4 is 44.9 Å². The molecule has 0 saturated carbocycles. The number of benzene rings is 13. The van der Waals surface area contributed by atoms with Crippen LogP contribution in [0.5, 0.6) is 34.5 Å². The van der Waals surface area contributed by atoms with Crippen LogP contribution in [0.3, 0.4) is 0 Å². The van der Waals surface area contributed by atoms with Crippen LogP contribution in [0, 0.1) is 27.7 Å². The Morgan fingerprint density at radius 3 is 0.902 bits per heavy atom. The zero-order chi connectivity index (χ0) is 84.9. The van der Waals surface area contributed by atoms with Crippen molar-refractivity contribution in [2.45, 2.75) is 143 Å². The lowest BCUT2D eigenvalue weighted by Crippen LogP contribution is -2.33. The molecule has 3 unspecified atom stereocenters. The van der Waals surface area contributed by atoms with Crippen molar-refractivity contribution in [1.29, 1.82) is 0 Å². The maximum atomic E-state index is 13.4. The zero-order valence-electron chi connectivity index (χ0n) is 71.7. The molecule has 0 amide bonds. The van der Waals surface area contributed by atoms with Gasteiger partial charge < -0.3 is 59.1 Å². The Labute approximate surface area is 722 Å². The molecule has 123 heavy (non-hydrogen) atoms. The summed E-state index contributed by atoms with van der Waals surface area (Å²) in [5.74, 6) is 3.27. The van der Waals surface area contributed by atoms with E-state index in [0.29, 0.717) is 39.7 Å². The number of aryl methyl sites for hydroxylation is 4. The van der Waals surface area contributed by atoms with E-state index in [1.54, 1.807) is 0 Å². The second kappa shape index (κ2) is 35.3. The first-order valence-corrected chi connectivity index (χ1v) is 43.8. The first kappa shape index (κ1) is 81.8. The number of carbonyl (C=O) groups is 3. The highest BCUT2D eigenvalue weighted by molar-refractivity contribution is 6.00. The van der Waals surface area contributed by atoms with Crippen molar-refractivity contribution in [2.75, 3.05) is 63.4 Å². The van der Waals surface area contributed by atoms with Crippen molar-refractivity contribution < 1.29 is 42.8 Å². The molecule has 0 aliphatic carbocycles. The van der Waals surface area contributed by atoms with Crippen molar-refractivity contribution in [3.63, 3.8) is 0 Å². The molecule has 19 rings (SSSR count). The first-order chi connectivity index (χ1) is 60.1. The number of hydrogen-bond acceptors (Lipinski definition) is 15. The number of anilines is 10. The standard InChI is InChI=1S/C37H40N2O3.C36H30N2O3.C35H36N2O3/c1-4-6-13-21-39(22-14-7-5-2)28-19-20-31-35(24-28)41-34-23-26(3)33(38-27-15-9-8-10-16-27)25-32(34)37(31)30-18-12-11-17-29(30)36(40)42-37;1-4-38(26-16-14-23(2)15-17-26)27-18-19-30-34(21-27)40-33-20-24(3)32(37-25-10-6-5-7-11-25)22-31(33)36(30)29-13-9-8-12-28(29)35(39)41-36;1-4-6-19-37(20-7-5-2)26-17-18-29-33(22-26)39-32-21-24(3)31(36-25-13-9-8-10-14-25)23-30(32)35(29)28-16-12-11-15-27(28)34(38)40-35/h8-12,15-20,23-25,38H,4-7,13-14,21-22H2,1-3H3;5-22,37H,4H2,1-3H3;8-18,21-23,36H,4-7,19-20H2,1-3H3. The SMILES string of the molecule is CCCCCN(CCCCC)c1ccc2c(c1)Oc1cc(C)c(Nc3ccccc3)cc1C21OC(=O)c2ccccc21.CCCCN(CCCC)c1ccc2c(c1)Oc1cc(C)c(Nc3ccccc3)cc1C21OC(=O)c2ccccc21.CCN(c1ccc(C)cc1)c1ccc2c(c1)Oc1cc(C)c(Nc3ccccc3)cc1C21OC(=O)c2ccccc21. The molecule has 6 aliphatic rings. The lowest BCUT2D eigenvalue weighted by molar-refractivity contribution is 0.0214. The smallest absolute Gasteiger partial charge is 0.340 e. The van der Waals surface area contributed by atoms with Gasteiger partial charge in [0.05, 0.1) is 16.7 Å². The van der Waals surface area contributed by atoms with Crippen LogP contribution >= 0.6 is 0 Å². The molecule has 3 N–H and O–H groups in total. The molecule has 13 aromatic carbocycles. The average molecular weight is 1630 g/mol. The molecule has 3 atom stereocenters. The van der Waals surface area contributed by atoms with Gasteiger partial charge in [-0.1, -0.05) is 193 Å². The van der Waals surface area contributed by atoms with Gasteiger partial charge in [0.15, 0.2) is 16.8 Å². The van der Waals surface area contributed by atoms with Crippen molar-refractivity contribution in [1.82, 2.24) is 0 Å². The summed E-state index contributed by atoms with van der Waals surface area (Å²) in [6, 6.07) is 93.3. The fourth-order valence-electron chi connectivity index (χ4n) is 18.2. The summed E-state index contributed by atoms with van der Waals surface area (Å²) < 4.78 is 39.3. The van der Waals surface area contributed by atoms with Gasteiger partial charge in [0.1, 0.15) is 34.5 Å². The summed E-state index contributed by atoms with van der Waals surface area (Å²) in [4.78, 5) is 47.2. The number of rotatable bonds is 25. The quantitative estimate of drug-likeness (QED) is 0.0282. The Kier molecular flexibility index (Phi) is 23.5. The monoisotopic (exact) mass is 1630 g/mol. The Morgan fingerprint density at radius 1 is 0.276 bits per heavy atom. The molecule has 0 bridgehead atoms. The zero-order valence-corrected chi connectivity index (χ0v) is 71.7. The van der Waals surface area contributed by atoms with Gasteiger partial charge in [-0.05, 0) is 217 Å². The second-order valence-corrected chi connectivity index (χ2v) is 32.8. The molecule has 0 radical (unpaired) electrons. The maximum Gasteiger partial charge on any atom is 0.340 e. The molecular formula is C108H106N6O9. The van der Waals surface area contributed by atoms with Gasteiger partial charge in [0.25, 0.3) is 0 Å². The van der Waals surface area contributed by atoms with Crippen LogP contribution in [-0.4, -0.2) is 50.6 Å². The van der Waals surface area contributed by atoms with Crippen LogP contribution in [0.15, 0.2) is 279 Å². The average Bonchev–Trinajstić information content (AvgIpc) is 1.60. The summed E-state index contributed by atoms with van der Waals surface area (Å²) in [5.41, 5.74) is 20.4. The predicted molar refractivity (Wildman–Crippen MR) is 495 cm³/mol. The number of ether oxygens (including phenoxy) is 6. The summed E-state index contributed by atoms with van der Waals surface area (Å²) in [6.45, 7) is 24.2. The molecule has 0 aromatic heterocycles. The Balaban J connectivity index is 0.000000131. The highest BCUT2D eigenvalue weighted by atomic mass is 16.6. The van der Waals surface area contributed by atoms with E-state index < -0.39 is 16.8 Å². The maximum absolute atomic E-state index is 13.4. The Morgan fingerprint density at radius 2 is 0.569 bits per heavy atom. The number of fused-ring (bicyclic) bond motifs is 18. The molecule has 6 aliphatic heterocycles. The molecule has 0 saturated heterocycles. The van der Waals surface area contributed by atoms with E-state index in [2.05, 4.69) is 196 Å². The topological polar surface area (TPSA) is 152 Å². The lowest BCUT2D eigenvalue weighted by atomic mass is 9.77. The molecule has 6 heterocycles. The highest BCUT2D eigenvalue weighted by Crippen LogP contribution is 2.62. The van der Waals surface area contributed by atoms with Crippen LogP contribution in [0.25, 0.3) is 0 Å². The molecule has 622 valence electrons. The minimum atomic E-state index is -1.13. The third kappa shape index (κ3) is 15.5. The van der Waals surface area contributed by atoms with Gasteiger partial charge in [-0.2, -0.15) is 0 Å². The predicted octanol–water partition coefficient (Wildman–Crippen LogP) is 27.0. The van der Waals surface area contributed by atoms with Crippen LogP contribution in [0.1, 0.15) is 202 Å². The van der Waals surface area contributed by atoms with E-state index >= 15 is 0 Å². The largest absolute Gasteiger partial charge is 0.456 e. The number of carbonyl (C=O) groups excluding carboxylic acids is 3. The van der Waals surface area contributed by atoms with Gasteiger partial charge in [-0.25, -0.2) is 14.4 Å². The number of unbranched alkanes of at least 4 members (excludes halogenated alkanes) is 6. The molecule has 0 fully saturated rings. The normalized spacial score (nSPS) is 16.4. The van der Waals surface area contributed by atoms with E-state index in [9.17, 15) is 14.4 Å². The third-order valence-electron chi connectivity index (χ3n) is 24.6. The fraction of sp³-hybridized carbons (Fsp3) is 0.250. The number of hydrogen-bond donors (Lipinski definition) is 3. The summed E-state index contributed by atoms with van der Waals surface area (Å²) in [7, 11) is 0. The second-order valence-electron chi connectivity index (χ2n) is 32.8. The molecule has 15 nitrogen and oxygen atoms in total. The molecule has 3 spiro atoms. The van der Waals surface area contributed by atoms with Gasteiger partial charge >= 0.3 is 17.9 Å². The van der Waals surface area contributed by atoms with E-state index in [1.165, 1.54) is 31.2 Å². The van der Waals surface area contributed by atoms with E-state index in [0.717, 1.165) is 206 Å². The van der Waals surface area contributed by atoms with Crippen molar-refractivity contribution in [3.8, 4) is 34.5 Å². The summed E-state index contributed by atoms with van der Waals surface area (Å²) >= 11 is 0. The minimum Gasteiger partial charge on any atom is -0.456 e. The Hall–Kier alpha value is -13.5. The number of para-hydroxylation sites is 3. The van der Waals surface area contributed by atoms with Gasteiger partial charge in [-0.3, -0.25) is 0 Å². The summed E-state index contributed by atoms with van der Waals surface area (Å²) in [5, 5.41) is 10.6. The van der Waals surface area contributed by atoms with Crippen LogP contribution in [-0.2, 0) is 31.0 Å². The van der Waals surface area contributed by atoms with Crippen molar-refractivity contribution in [2.24, 2.45) is 0 Å². The minimum absolute atomic E-state index is 0.313. The third-order valence-corrected chi connectivity index (χ3v) is 24.6. The summed E-state index contributed by atoms with van der Waals surface area (Å²) in [6.07, 6.45) is 11.7. The van der Waals surface area contributed by atoms with Crippen molar-refractivity contribution >= 4 is 74.8 Å². The molecular weight excluding hydrogens is 1530 g/mol. The van der Waals surface area contributed by atoms with Gasteiger partial charge in [0.2, 0.25) is 0 Å². The first-order valence-electron chi connectivity index (χ1n) is 43.8. The van der Waals surface area contributed by atoms with Gasteiger partial charge in [-0.15, -0.1) is 0 Å². The number of nitrogens with one attached hydrogen (secondary N) is 3. The van der Waals surface area contributed by atoms with E-state index in [1.807, 2.05) is 176 Å². The van der Waals surface area contributed by atoms with E-state index in [-0.39, 0.29) is 17.9 Å². The van der Waals surface area contributed by atoms with Crippen LogP contribution in [0.2, 0.25) is 0 Å². The molecule has 15 heteroatoms. The highest BCUT2D eigenvalue weighted by Gasteiger charge is 2.57. The molecule has 13 aromatic rings. The number of esters is 3. The van der Waals surface area contributed by atoms with Crippen LogP contribution in [0.4, 0.5) is 56.9 Å². The fourth-order valence-corrected chi connectivity index (χ4v) is 18.2. The number of nitrogens with zero attached hydrogens (tertiary/aromatic N) is 3. The van der Waals surface area contributed by atoms with Gasteiger partial charge in [0, 0.05) is 158 Å². The lowest BCUT2D eigenvalue weighted by Gasteiger charge is -2.38. The van der Waals surface area contributed by atoms with Crippen molar-refractivity contribution in [3.05, 3.63) is 368 Å².